The van der Waals surface area contributed by atoms with Crippen LogP contribution >= 0.6 is 0 Å². The summed E-state index contributed by atoms with van der Waals surface area (Å²) in [4.78, 5) is 6.56. The Morgan fingerprint density at radius 1 is 1.44 bits per heavy atom. The summed E-state index contributed by atoms with van der Waals surface area (Å²) < 4.78 is 0. The minimum absolute atomic E-state index is 0.696. The van der Waals surface area contributed by atoms with E-state index in [0.29, 0.717) is 6.04 Å². The molecular weight excluding hydrogens is 198 g/mol. The Morgan fingerprint density at radius 2 is 2.25 bits per heavy atom. The number of nitrogens with one attached hydrogen (secondary N) is 1. The van der Waals surface area contributed by atoms with Crippen LogP contribution in [0.2, 0.25) is 0 Å². The molecule has 1 atom stereocenters. The maximum Gasteiger partial charge on any atom is 0.0271 e. The normalized spacial score (nSPS) is 21.4. The first-order valence-corrected chi connectivity index (χ1v) is 6.23. The summed E-state index contributed by atoms with van der Waals surface area (Å²) in [5.74, 6) is 0. The Bertz CT molecular complexity index is 299. The zero-order valence-corrected chi connectivity index (χ0v) is 10.0. The van der Waals surface area contributed by atoms with Crippen LogP contribution in [0, 0.1) is 0 Å². The van der Waals surface area contributed by atoms with E-state index in [0.717, 1.165) is 13.1 Å². The van der Waals surface area contributed by atoms with Gasteiger partial charge in [-0.3, -0.25) is 9.88 Å². The van der Waals surface area contributed by atoms with Gasteiger partial charge < -0.3 is 5.32 Å². The molecule has 0 aliphatic carbocycles. The summed E-state index contributed by atoms with van der Waals surface area (Å²) in [6.07, 6.45) is 6.25. The van der Waals surface area contributed by atoms with Crippen LogP contribution in [0.5, 0.6) is 0 Å². The van der Waals surface area contributed by atoms with Crippen molar-refractivity contribution in [2.75, 3.05) is 19.6 Å². The van der Waals surface area contributed by atoms with E-state index >= 15 is 0 Å². The number of aromatic nitrogens is 1. The summed E-state index contributed by atoms with van der Waals surface area (Å²) in [5.41, 5.74) is 1.37. The number of hydrogen-bond donors (Lipinski definition) is 1. The third-order valence-electron chi connectivity index (χ3n) is 3.11. The molecule has 16 heavy (non-hydrogen) atoms. The Labute approximate surface area is 97.9 Å². The number of rotatable bonds is 5. The number of nitrogens with zero attached hydrogens (tertiary/aromatic N) is 2. The smallest absolute Gasteiger partial charge is 0.0271 e. The highest BCUT2D eigenvalue weighted by Crippen LogP contribution is 2.12. The van der Waals surface area contributed by atoms with E-state index in [1.54, 1.807) is 0 Å². The summed E-state index contributed by atoms with van der Waals surface area (Å²) in [6, 6.07) is 4.90. The third-order valence-corrected chi connectivity index (χ3v) is 3.11. The first kappa shape index (κ1) is 11.6. The molecule has 1 unspecified atom stereocenters. The fourth-order valence-corrected chi connectivity index (χ4v) is 2.24. The van der Waals surface area contributed by atoms with Gasteiger partial charge in [-0.2, -0.15) is 0 Å². The monoisotopic (exact) mass is 219 g/mol. The first-order valence-electron chi connectivity index (χ1n) is 6.23. The molecule has 1 aliphatic rings. The molecule has 0 spiro atoms. The standard InChI is InChI=1S/C13H21N3/c1-2-6-15-13-5-9-16(11-13)10-12-3-7-14-8-4-12/h3-4,7-8,13,15H,2,5-6,9-11H2,1H3. The van der Waals surface area contributed by atoms with Crippen molar-refractivity contribution in [3.8, 4) is 0 Å². The van der Waals surface area contributed by atoms with Crippen molar-refractivity contribution in [1.29, 1.82) is 0 Å². The molecule has 1 fully saturated rings. The molecule has 0 radical (unpaired) electrons. The fourth-order valence-electron chi connectivity index (χ4n) is 2.24. The van der Waals surface area contributed by atoms with Crippen molar-refractivity contribution in [2.45, 2.75) is 32.4 Å². The second-order valence-corrected chi connectivity index (χ2v) is 4.53. The van der Waals surface area contributed by atoms with Crippen LogP contribution in [-0.2, 0) is 6.54 Å². The summed E-state index contributed by atoms with van der Waals surface area (Å²) in [7, 11) is 0. The van der Waals surface area contributed by atoms with Gasteiger partial charge in [-0.05, 0) is 37.1 Å². The zero-order chi connectivity index (χ0) is 11.2. The highest BCUT2D eigenvalue weighted by atomic mass is 15.2. The second kappa shape index (κ2) is 5.97. The van der Waals surface area contributed by atoms with Crippen molar-refractivity contribution >= 4 is 0 Å². The van der Waals surface area contributed by atoms with E-state index in [4.69, 9.17) is 0 Å². The minimum Gasteiger partial charge on any atom is -0.313 e. The van der Waals surface area contributed by atoms with E-state index < -0.39 is 0 Å². The average molecular weight is 219 g/mol. The van der Waals surface area contributed by atoms with Gasteiger partial charge in [-0.15, -0.1) is 0 Å². The van der Waals surface area contributed by atoms with Crippen molar-refractivity contribution in [3.05, 3.63) is 30.1 Å². The molecule has 0 amide bonds. The van der Waals surface area contributed by atoms with Crippen molar-refractivity contribution < 1.29 is 0 Å². The molecule has 3 heteroatoms. The molecule has 1 aromatic rings. The lowest BCUT2D eigenvalue weighted by molar-refractivity contribution is 0.320. The van der Waals surface area contributed by atoms with Gasteiger partial charge in [0.25, 0.3) is 0 Å². The Kier molecular flexibility index (Phi) is 4.31. The highest BCUT2D eigenvalue weighted by Gasteiger charge is 2.21. The van der Waals surface area contributed by atoms with Gasteiger partial charge in [0.1, 0.15) is 0 Å². The van der Waals surface area contributed by atoms with Crippen LogP contribution in [0.1, 0.15) is 25.3 Å². The predicted octanol–water partition coefficient (Wildman–Crippen LogP) is 1.66. The average Bonchev–Trinajstić information content (AvgIpc) is 2.75. The highest BCUT2D eigenvalue weighted by molar-refractivity contribution is 5.09. The van der Waals surface area contributed by atoms with Gasteiger partial charge in [-0.1, -0.05) is 6.92 Å². The largest absolute Gasteiger partial charge is 0.313 e. The maximum absolute atomic E-state index is 4.04. The maximum atomic E-state index is 4.04. The quantitative estimate of drug-likeness (QED) is 0.816. The van der Waals surface area contributed by atoms with E-state index in [2.05, 4.69) is 34.3 Å². The molecule has 88 valence electrons. The van der Waals surface area contributed by atoms with Crippen LogP contribution < -0.4 is 5.32 Å². The van der Waals surface area contributed by atoms with E-state index in [1.165, 1.54) is 31.5 Å². The van der Waals surface area contributed by atoms with Crippen LogP contribution in [0.4, 0.5) is 0 Å². The lowest BCUT2D eigenvalue weighted by Crippen LogP contribution is -2.32. The molecule has 3 nitrogen and oxygen atoms in total. The van der Waals surface area contributed by atoms with E-state index in [-0.39, 0.29) is 0 Å². The topological polar surface area (TPSA) is 28.2 Å². The van der Waals surface area contributed by atoms with E-state index in [9.17, 15) is 0 Å². The lowest BCUT2D eigenvalue weighted by atomic mass is 10.2. The zero-order valence-electron chi connectivity index (χ0n) is 10.0. The molecule has 2 heterocycles. The Hall–Kier alpha value is -0.930. The summed E-state index contributed by atoms with van der Waals surface area (Å²) in [5, 5.41) is 3.59. The Balaban J connectivity index is 1.76. The minimum atomic E-state index is 0.696. The van der Waals surface area contributed by atoms with Gasteiger partial charge in [0, 0.05) is 38.1 Å². The SMILES string of the molecule is CCCNC1CCN(Cc2ccncc2)C1. The summed E-state index contributed by atoms with van der Waals surface area (Å²) >= 11 is 0. The van der Waals surface area contributed by atoms with Crippen LogP contribution in [-0.4, -0.2) is 35.6 Å². The summed E-state index contributed by atoms with van der Waals surface area (Å²) in [6.45, 7) is 6.82. The molecule has 1 aliphatic heterocycles. The van der Waals surface area contributed by atoms with Gasteiger partial charge in [0.2, 0.25) is 0 Å². The number of likely N-dealkylation sites (tertiary alicyclic amines) is 1. The molecule has 1 saturated heterocycles. The predicted molar refractivity (Wildman–Crippen MR) is 66.2 cm³/mol. The van der Waals surface area contributed by atoms with Crippen molar-refractivity contribution in [2.24, 2.45) is 0 Å². The van der Waals surface area contributed by atoms with Crippen molar-refractivity contribution in [1.82, 2.24) is 15.2 Å². The molecule has 1 aromatic heterocycles. The number of hydrogen-bond acceptors (Lipinski definition) is 3. The first-order chi connectivity index (χ1) is 7.88. The molecule has 0 aromatic carbocycles. The fraction of sp³-hybridized carbons (Fsp3) is 0.615. The molecular formula is C13H21N3. The third kappa shape index (κ3) is 3.29. The van der Waals surface area contributed by atoms with Gasteiger partial charge in [-0.25, -0.2) is 0 Å². The van der Waals surface area contributed by atoms with Crippen molar-refractivity contribution in [3.63, 3.8) is 0 Å². The van der Waals surface area contributed by atoms with Crippen LogP contribution in [0.3, 0.4) is 0 Å². The second-order valence-electron chi connectivity index (χ2n) is 4.53. The van der Waals surface area contributed by atoms with Gasteiger partial charge >= 0.3 is 0 Å². The van der Waals surface area contributed by atoms with Crippen LogP contribution in [0.25, 0.3) is 0 Å². The van der Waals surface area contributed by atoms with Gasteiger partial charge in [0.05, 0.1) is 0 Å². The molecule has 2 rings (SSSR count). The Morgan fingerprint density at radius 3 is 3.00 bits per heavy atom. The molecule has 1 N–H and O–H groups in total. The number of pyridine rings is 1. The van der Waals surface area contributed by atoms with Gasteiger partial charge in [0.15, 0.2) is 0 Å². The van der Waals surface area contributed by atoms with E-state index in [1.807, 2.05) is 12.4 Å². The molecule has 0 saturated carbocycles. The lowest BCUT2D eigenvalue weighted by Gasteiger charge is -2.16. The molecule has 0 bridgehead atoms. The van der Waals surface area contributed by atoms with Crippen LogP contribution in [0.15, 0.2) is 24.5 Å².